The highest BCUT2D eigenvalue weighted by Crippen LogP contribution is 2.38. The van der Waals surface area contributed by atoms with Crippen molar-refractivity contribution in [3.63, 3.8) is 0 Å². The van der Waals surface area contributed by atoms with Crippen LogP contribution in [-0.4, -0.2) is 20.4 Å². The van der Waals surface area contributed by atoms with Gasteiger partial charge in [0.05, 0.1) is 11.6 Å². The van der Waals surface area contributed by atoms with Crippen LogP contribution in [0.4, 0.5) is 0 Å². The lowest BCUT2D eigenvalue weighted by Gasteiger charge is -2.11. The van der Waals surface area contributed by atoms with E-state index >= 15 is 0 Å². The zero-order valence-electron chi connectivity index (χ0n) is 15.9. The van der Waals surface area contributed by atoms with Gasteiger partial charge < -0.3 is 29.6 Å². The molecule has 31 heavy (non-hydrogen) atoms. The van der Waals surface area contributed by atoms with Crippen LogP contribution in [0.3, 0.4) is 0 Å². The lowest BCUT2D eigenvalue weighted by atomic mass is 10.1. The third-order valence-electron chi connectivity index (χ3n) is 4.69. The van der Waals surface area contributed by atoms with Gasteiger partial charge in [0.2, 0.25) is 11.2 Å². The second-order valence-electron chi connectivity index (χ2n) is 6.69. The van der Waals surface area contributed by atoms with Gasteiger partial charge in [-0.3, -0.25) is 4.79 Å². The molecule has 0 unspecified atom stereocenters. The molecular formula is C23H15NO7. The molecule has 154 valence electrons. The summed E-state index contributed by atoms with van der Waals surface area (Å²) in [5, 5.41) is 48.7. The minimum absolute atomic E-state index is 0.0374. The predicted molar refractivity (Wildman–Crippen MR) is 110 cm³/mol. The Morgan fingerprint density at radius 3 is 2.45 bits per heavy atom. The monoisotopic (exact) mass is 417 g/mol. The smallest absolute Gasteiger partial charge is 0.238 e. The molecule has 0 saturated heterocycles. The second kappa shape index (κ2) is 7.65. The number of phenols is 3. The summed E-state index contributed by atoms with van der Waals surface area (Å²) in [6.07, 6.45) is 0. The van der Waals surface area contributed by atoms with Gasteiger partial charge in [-0.05, 0) is 24.3 Å². The fourth-order valence-electron chi connectivity index (χ4n) is 3.12. The van der Waals surface area contributed by atoms with E-state index in [0.717, 1.165) is 6.07 Å². The van der Waals surface area contributed by atoms with E-state index < -0.39 is 22.7 Å². The molecule has 1 aromatic heterocycles. The van der Waals surface area contributed by atoms with Crippen LogP contribution in [-0.2, 0) is 6.61 Å². The van der Waals surface area contributed by atoms with Crippen molar-refractivity contribution in [1.82, 2.24) is 0 Å². The van der Waals surface area contributed by atoms with Gasteiger partial charge in [0.25, 0.3) is 0 Å². The Bertz CT molecular complexity index is 1420. The van der Waals surface area contributed by atoms with Crippen LogP contribution >= 0.6 is 0 Å². The highest BCUT2D eigenvalue weighted by Gasteiger charge is 2.20. The topological polar surface area (TPSA) is 144 Å². The molecule has 1 heterocycles. The molecule has 8 heteroatoms. The number of aromatic hydroxyl groups is 4. The molecule has 0 radical (unpaired) electrons. The number of phenolic OH excluding ortho intramolecular Hbond substituents is 3. The van der Waals surface area contributed by atoms with E-state index in [4.69, 9.17) is 9.15 Å². The molecule has 4 rings (SSSR count). The second-order valence-corrected chi connectivity index (χ2v) is 6.69. The van der Waals surface area contributed by atoms with Crippen molar-refractivity contribution in [2.24, 2.45) is 0 Å². The van der Waals surface area contributed by atoms with E-state index in [9.17, 15) is 30.5 Å². The molecule has 4 aromatic rings. The van der Waals surface area contributed by atoms with Crippen molar-refractivity contribution in [3.8, 4) is 46.1 Å². The standard InChI is InChI=1S/C23H15NO7/c24-10-13-3-1-2-4-14(13)11-30-15-8-18(27)20-19(9-15)31-23(22(29)21(20)28)12-5-6-16(25)17(26)7-12/h1-9,25-27,29H,11H2. The summed E-state index contributed by atoms with van der Waals surface area (Å²) in [6.45, 7) is 0.0374. The molecule has 0 aliphatic rings. The lowest BCUT2D eigenvalue weighted by Crippen LogP contribution is -2.04. The van der Waals surface area contributed by atoms with E-state index in [-0.39, 0.29) is 40.4 Å². The van der Waals surface area contributed by atoms with Crippen LogP contribution in [0.25, 0.3) is 22.3 Å². The molecular weight excluding hydrogens is 402 g/mol. The Hall–Kier alpha value is -4.64. The van der Waals surface area contributed by atoms with Crippen LogP contribution in [0.2, 0.25) is 0 Å². The fraction of sp³-hybridized carbons (Fsp3) is 0.0435. The summed E-state index contributed by atoms with van der Waals surface area (Å²) in [4.78, 5) is 12.6. The van der Waals surface area contributed by atoms with E-state index in [1.807, 2.05) is 0 Å². The van der Waals surface area contributed by atoms with Crippen molar-refractivity contribution in [3.05, 3.63) is 75.9 Å². The van der Waals surface area contributed by atoms with Crippen LogP contribution < -0.4 is 10.2 Å². The third-order valence-corrected chi connectivity index (χ3v) is 4.69. The summed E-state index contributed by atoms with van der Waals surface area (Å²) >= 11 is 0. The highest BCUT2D eigenvalue weighted by molar-refractivity contribution is 5.88. The number of hydrogen-bond acceptors (Lipinski definition) is 8. The number of hydrogen-bond donors (Lipinski definition) is 4. The Morgan fingerprint density at radius 1 is 0.935 bits per heavy atom. The molecule has 0 amide bonds. The summed E-state index contributed by atoms with van der Waals surface area (Å²) in [6, 6.07) is 15.2. The van der Waals surface area contributed by atoms with Gasteiger partial charge in [-0.1, -0.05) is 18.2 Å². The van der Waals surface area contributed by atoms with Gasteiger partial charge in [0, 0.05) is 23.3 Å². The Labute approximate surface area is 175 Å². The van der Waals surface area contributed by atoms with Crippen LogP contribution in [0, 0.1) is 11.3 Å². The van der Waals surface area contributed by atoms with Gasteiger partial charge in [-0.2, -0.15) is 5.26 Å². The predicted octanol–water partition coefficient (Wildman–Crippen LogP) is 3.73. The molecule has 0 bridgehead atoms. The number of fused-ring (bicyclic) bond motifs is 1. The molecule has 0 aliphatic carbocycles. The summed E-state index contributed by atoms with van der Waals surface area (Å²) in [7, 11) is 0. The fourth-order valence-corrected chi connectivity index (χ4v) is 3.12. The summed E-state index contributed by atoms with van der Waals surface area (Å²) in [5.74, 6) is -2.13. The first kappa shape index (κ1) is 19.7. The quantitative estimate of drug-likeness (QED) is 0.368. The minimum Gasteiger partial charge on any atom is -0.507 e. The zero-order valence-corrected chi connectivity index (χ0v) is 15.9. The van der Waals surface area contributed by atoms with E-state index in [0.29, 0.717) is 11.1 Å². The first-order valence-electron chi connectivity index (χ1n) is 9.05. The molecule has 0 aliphatic heterocycles. The number of benzene rings is 3. The van der Waals surface area contributed by atoms with Crippen molar-refractivity contribution < 1.29 is 29.6 Å². The van der Waals surface area contributed by atoms with Gasteiger partial charge in [-0.25, -0.2) is 0 Å². The van der Waals surface area contributed by atoms with Crippen molar-refractivity contribution >= 4 is 11.0 Å². The third kappa shape index (κ3) is 3.56. The van der Waals surface area contributed by atoms with Gasteiger partial charge >= 0.3 is 0 Å². The Morgan fingerprint density at radius 2 is 1.71 bits per heavy atom. The summed E-state index contributed by atoms with van der Waals surface area (Å²) < 4.78 is 11.3. The Kier molecular flexibility index (Phi) is 4.85. The average Bonchev–Trinajstić information content (AvgIpc) is 2.76. The van der Waals surface area contributed by atoms with Gasteiger partial charge in [-0.15, -0.1) is 0 Å². The number of nitriles is 1. The molecule has 8 nitrogen and oxygen atoms in total. The Balaban J connectivity index is 1.78. The molecule has 3 aromatic carbocycles. The van der Waals surface area contributed by atoms with Crippen LogP contribution in [0.15, 0.2) is 63.8 Å². The van der Waals surface area contributed by atoms with Crippen LogP contribution in [0.5, 0.6) is 28.7 Å². The largest absolute Gasteiger partial charge is 0.507 e. The lowest BCUT2D eigenvalue weighted by molar-refractivity contribution is 0.304. The number of nitrogens with zero attached hydrogens (tertiary/aromatic N) is 1. The SMILES string of the molecule is N#Cc1ccccc1COc1cc(O)c2c(=O)c(O)c(-c3ccc(O)c(O)c3)oc2c1. The zero-order chi connectivity index (χ0) is 22.1. The maximum atomic E-state index is 12.6. The number of ether oxygens (including phenoxy) is 1. The molecule has 0 saturated carbocycles. The first-order valence-corrected chi connectivity index (χ1v) is 9.05. The summed E-state index contributed by atoms with van der Waals surface area (Å²) in [5.41, 5.74) is 0.285. The number of rotatable bonds is 4. The molecule has 4 N–H and O–H groups in total. The van der Waals surface area contributed by atoms with Crippen LogP contribution in [0.1, 0.15) is 11.1 Å². The molecule has 0 atom stereocenters. The average molecular weight is 417 g/mol. The first-order chi connectivity index (χ1) is 14.9. The van der Waals surface area contributed by atoms with E-state index in [1.54, 1.807) is 24.3 Å². The highest BCUT2D eigenvalue weighted by atomic mass is 16.5. The maximum Gasteiger partial charge on any atom is 0.238 e. The van der Waals surface area contributed by atoms with E-state index in [1.165, 1.54) is 24.3 Å². The molecule has 0 fully saturated rings. The van der Waals surface area contributed by atoms with Gasteiger partial charge in [0.15, 0.2) is 17.3 Å². The van der Waals surface area contributed by atoms with Crippen molar-refractivity contribution in [2.45, 2.75) is 6.61 Å². The van der Waals surface area contributed by atoms with E-state index in [2.05, 4.69) is 6.07 Å². The maximum absolute atomic E-state index is 12.6. The van der Waals surface area contributed by atoms with Crippen molar-refractivity contribution in [1.29, 1.82) is 5.26 Å². The van der Waals surface area contributed by atoms with Gasteiger partial charge in [0.1, 0.15) is 29.1 Å². The molecule has 0 spiro atoms. The minimum atomic E-state index is -0.873. The normalized spacial score (nSPS) is 10.7. The van der Waals surface area contributed by atoms with Crippen molar-refractivity contribution in [2.75, 3.05) is 0 Å².